The van der Waals surface area contributed by atoms with Gasteiger partial charge in [0.25, 0.3) is 0 Å². The fraction of sp³-hybridized carbons (Fsp3) is 0.600. The molecule has 1 aliphatic carbocycles. The maximum Gasteiger partial charge on any atom is 0.0753 e. The highest BCUT2D eigenvalue weighted by Gasteiger charge is 2.22. The number of aliphatic hydroxyl groups excluding tert-OH is 1. The highest BCUT2D eigenvalue weighted by atomic mass is 16.3. The summed E-state index contributed by atoms with van der Waals surface area (Å²) in [5.74, 6) is 0.510. The molecule has 1 fully saturated rings. The molecule has 0 aliphatic heterocycles. The normalized spacial score (nSPS) is 32.0. The highest BCUT2D eigenvalue weighted by Crippen LogP contribution is 2.31. The average Bonchev–Trinajstić information content (AvgIpc) is 1.94. The summed E-state index contributed by atoms with van der Waals surface area (Å²) in [7, 11) is 0. The van der Waals surface area contributed by atoms with Gasteiger partial charge in [0, 0.05) is 0 Å². The Labute approximate surface area is 68.4 Å². The fourth-order valence-corrected chi connectivity index (χ4v) is 1.53. The van der Waals surface area contributed by atoms with Crippen molar-refractivity contribution in [3.05, 3.63) is 24.3 Å². The second-order valence-electron chi connectivity index (χ2n) is 3.49. The number of aliphatic hydroxyl groups is 1. The minimum atomic E-state index is -0.287. The van der Waals surface area contributed by atoms with E-state index in [4.69, 9.17) is 0 Å². The summed E-state index contributed by atoms with van der Waals surface area (Å²) < 4.78 is 0. The lowest BCUT2D eigenvalue weighted by molar-refractivity contribution is 0.159. The maximum absolute atomic E-state index is 9.46. The molecular formula is C10H16O. The van der Waals surface area contributed by atoms with Crippen LogP contribution in [0.4, 0.5) is 0 Å². The zero-order valence-corrected chi connectivity index (χ0v) is 7.14. The minimum Gasteiger partial charge on any atom is -0.389 e. The predicted molar refractivity (Wildman–Crippen MR) is 47.3 cm³/mol. The SMILES string of the molecule is C=C(C)[C@H]1CCC(=C)[C@H](O)C1. The summed E-state index contributed by atoms with van der Waals surface area (Å²) in [5.41, 5.74) is 2.18. The smallest absolute Gasteiger partial charge is 0.0753 e. The van der Waals surface area contributed by atoms with E-state index >= 15 is 0 Å². The van der Waals surface area contributed by atoms with Gasteiger partial charge in [-0.25, -0.2) is 0 Å². The van der Waals surface area contributed by atoms with Crippen molar-refractivity contribution in [2.45, 2.75) is 32.3 Å². The van der Waals surface area contributed by atoms with Gasteiger partial charge in [-0.2, -0.15) is 0 Å². The van der Waals surface area contributed by atoms with Crippen LogP contribution >= 0.6 is 0 Å². The van der Waals surface area contributed by atoms with E-state index in [0.29, 0.717) is 5.92 Å². The first kappa shape index (κ1) is 8.54. The minimum absolute atomic E-state index is 0.287. The Morgan fingerprint density at radius 3 is 2.73 bits per heavy atom. The lowest BCUT2D eigenvalue weighted by atomic mass is 9.81. The van der Waals surface area contributed by atoms with Crippen LogP contribution in [-0.2, 0) is 0 Å². The van der Waals surface area contributed by atoms with Gasteiger partial charge >= 0.3 is 0 Å². The Kier molecular flexibility index (Phi) is 2.50. The number of hydrogen-bond donors (Lipinski definition) is 1. The molecule has 1 heteroatoms. The molecule has 1 rings (SSSR count). The standard InChI is InChI=1S/C10H16O/c1-7(2)9-5-4-8(3)10(11)6-9/h9-11H,1,3-6H2,2H3/t9-,10+/m0/s1. The second kappa shape index (κ2) is 3.22. The molecule has 0 saturated heterocycles. The molecule has 1 aliphatic rings. The molecule has 0 heterocycles. The van der Waals surface area contributed by atoms with E-state index in [1.54, 1.807) is 0 Å². The third-order valence-electron chi connectivity index (χ3n) is 2.49. The first-order chi connectivity index (χ1) is 5.11. The molecule has 0 aromatic heterocycles. The van der Waals surface area contributed by atoms with E-state index < -0.39 is 0 Å². The van der Waals surface area contributed by atoms with Gasteiger partial charge in [-0.3, -0.25) is 0 Å². The molecule has 2 atom stereocenters. The molecular weight excluding hydrogens is 136 g/mol. The van der Waals surface area contributed by atoms with E-state index in [9.17, 15) is 5.11 Å². The topological polar surface area (TPSA) is 20.2 Å². The van der Waals surface area contributed by atoms with E-state index in [0.717, 1.165) is 24.8 Å². The average molecular weight is 152 g/mol. The third kappa shape index (κ3) is 1.93. The van der Waals surface area contributed by atoms with Crippen molar-refractivity contribution >= 4 is 0 Å². The summed E-state index contributed by atoms with van der Waals surface area (Å²) in [5, 5.41) is 9.46. The van der Waals surface area contributed by atoms with Crippen LogP contribution in [0.5, 0.6) is 0 Å². The predicted octanol–water partition coefficient (Wildman–Crippen LogP) is 2.28. The van der Waals surface area contributed by atoms with E-state index in [-0.39, 0.29) is 6.10 Å². The van der Waals surface area contributed by atoms with Crippen LogP contribution in [0, 0.1) is 5.92 Å². The largest absolute Gasteiger partial charge is 0.389 e. The summed E-state index contributed by atoms with van der Waals surface area (Å²) in [6.45, 7) is 9.74. The van der Waals surface area contributed by atoms with Crippen molar-refractivity contribution in [2.24, 2.45) is 5.92 Å². The van der Waals surface area contributed by atoms with Gasteiger partial charge in [-0.05, 0) is 37.7 Å². The van der Waals surface area contributed by atoms with Crippen LogP contribution in [-0.4, -0.2) is 11.2 Å². The monoisotopic (exact) mass is 152 g/mol. The molecule has 1 saturated carbocycles. The van der Waals surface area contributed by atoms with Gasteiger partial charge in [0.2, 0.25) is 0 Å². The summed E-state index contributed by atoms with van der Waals surface area (Å²) in [6.07, 6.45) is 2.61. The van der Waals surface area contributed by atoms with Gasteiger partial charge < -0.3 is 5.11 Å². The molecule has 0 aromatic rings. The van der Waals surface area contributed by atoms with E-state index in [1.165, 1.54) is 5.57 Å². The molecule has 0 spiro atoms. The van der Waals surface area contributed by atoms with Crippen LogP contribution in [0.1, 0.15) is 26.2 Å². The van der Waals surface area contributed by atoms with Crippen molar-refractivity contribution < 1.29 is 5.11 Å². The molecule has 0 radical (unpaired) electrons. The third-order valence-corrected chi connectivity index (χ3v) is 2.49. The Balaban J connectivity index is 2.52. The van der Waals surface area contributed by atoms with Crippen LogP contribution in [0.25, 0.3) is 0 Å². The zero-order valence-electron chi connectivity index (χ0n) is 7.14. The van der Waals surface area contributed by atoms with Crippen LogP contribution in [0.3, 0.4) is 0 Å². The van der Waals surface area contributed by atoms with Crippen molar-refractivity contribution in [2.75, 3.05) is 0 Å². The van der Waals surface area contributed by atoms with Crippen molar-refractivity contribution in [1.29, 1.82) is 0 Å². The Morgan fingerprint density at radius 2 is 2.27 bits per heavy atom. The Morgan fingerprint density at radius 1 is 1.64 bits per heavy atom. The second-order valence-corrected chi connectivity index (χ2v) is 3.49. The molecule has 1 nitrogen and oxygen atoms in total. The molecule has 0 amide bonds. The quantitative estimate of drug-likeness (QED) is 0.571. The lowest BCUT2D eigenvalue weighted by Crippen LogP contribution is -2.22. The molecule has 1 N–H and O–H groups in total. The maximum atomic E-state index is 9.46. The van der Waals surface area contributed by atoms with E-state index in [1.807, 2.05) is 6.92 Å². The Bertz CT molecular complexity index is 181. The fourth-order valence-electron chi connectivity index (χ4n) is 1.53. The van der Waals surface area contributed by atoms with Crippen molar-refractivity contribution in [3.8, 4) is 0 Å². The summed E-state index contributed by atoms with van der Waals surface area (Å²) >= 11 is 0. The molecule has 0 aromatic carbocycles. The number of rotatable bonds is 1. The molecule has 62 valence electrons. The first-order valence-corrected chi connectivity index (χ1v) is 4.12. The van der Waals surface area contributed by atoms with Crippen LogP contribution in [0.2, 0.25) is 0 Å². The number of hydrogen-bond acceptors (Lipinski definition) is 1. The molecule has 11 heavy (non-hydrogen) atoms. The summed E-state index contributed by atoms with van der Waals surface area (Å²) in [6, 6.07) is 0. The number of allylic oxidation sites excluding steroid dienone is 1. The first-order valence-electron chi connectivity index (χ1n) is 4.12. The van der Waals surface area contributed by atoms with Crippen LogP contribution < -0.4 is 0 Å². The van der Waals surface area contributed by atoms with Gasteiger partial charge in [0.1, 0.15) is 0 Å². The van der Waals surface area contributed by atoms with Gasteiger partial charge in [-0.15, -0.1) is 0 Å². The lowest BCUT2D eigenvalue weighted by Gasteiger charge is -2.27. The highest BCUT2D eigenvalue weighted by molar-refractivity contribution is 5.11. The molecule has 0 bridgehead atoms. The molecule has 0 unspecified atom stereocenters. The van der Waals surface area contributed by atoms with Crippen molar-refractivity contribution in [3.63, 3.8) is 0 Å². The van der Waals surface area contributed by atoms with Gasteiger partial charge in [0.05, 0.1) is 6.10 Å². The van der Waals surface area contributed by atoms with E-state index in [2.05, 4.69) is 13.2 Å². The zero-order chi connectivity index (χ0) is 8.43. The van der Waals surface area contributed by atoms with Gasteiger partial charge in [-0.1, -0.05) is 18.7 Å². The van der Waals surface area contributed by atoms with Crippen molar-refractivity contribution in [1.82, 2.24) is 0 Å². The van der Waals surface area contributed by atoms with Crippen LogP contribution in [0.15, 0.2) is 24.3 Å². The Hall–Kier alpha value is -0.560. The van der Waals surface area contributed by atoms with Gasteiger partial charge in [0.15, 0.2) is 0 Å². The summed E-state index contributed by atoms with van der Waals surface area (Å²) in [4.78, 5) is 0.